The molecule has 0 aromatic heterocycles. The molecular weight excluding hydrogens is 306 g/mol. The summed E-state index contributed by atoms with van der Waals surface area (Å²) in [5.74, 6) is -1.18. The molecule has 1 rings (SSSR count). The normalized spacial score (nSPS) is 14.2. The van der Waals surface area contributed by atoms with E-state index in [1.165, 1.54) is 0 Å². The lowest BCUT2D eigenvalue weighted by Gasteiger charge is -2.16. The van der Waals surface area contributed by atoms with E-state index < -0.39 is 39.1 Å². The van der Waals surface area contributed by atoms with Gasteiger partial charge in [0.05, 0.1) is 10.6 Å². The Morgan fingerprint density at radius 1 is 1.18 bits per heavy atom. The number of halogens is 7. The molecule has 1 N–H and O–H groups in total. The third-order valence-electron chi connectivity index (χ3n) is 1.94. The van der Waals surface area contributed by atoms with Gasteiger partial charge < -0.3 is 5.11 Å². The fourth-order valence-corrected chi connectivity index (χ4v) is 1.62. The molecule has 1 atom stereocenters. The number of aliphatic hydroxyl groups is 1. The summed E-state index contributed by atoms with van der Waals surface area (Å²) in [6, 6.07) is 0.841. The van der Waals surface area contributed by atoms with Gasteiger partial charge >= 0.3 is 6.18 Å². The Morgan fingerprint density at radius 2 is 1.71 bits per heavy atom. The summed E-state index contributed by atoms with van der Waals surface area (Å²) in [6.45, 7) is 0. The summed E-state index contributed by atoms with van der Waals surface area (Å²) in [5.41, 5.74) is -1.88. The molecule has 0 aliphatic heterocycles. The summed E-state index contributed by atoms with van der Waals surface area (Å²) in [6.07, 6.45) is -6.50. The third kappa shape index (κ3) is 3.37. The zero-order valence-electron chi connectivity index (χ0n) is 7.90. The molecule has 0 fully saturated rings. The smallest absolute Gasteiger partial charge is 0.385 e. The van der Waals surface area contributed by atoms with Crippen LogP contribution in [0.1, 0.15) is 17.2 Å². The molecule has 17 heavy (non-hydrogen) atoms. The van der Waals surface area contributed by atoms with Crippen molar-refractivity contribution in [3.8, 4) is 0 Å². The van der Waals surface area contributed by atoms with Gasteiger partial charge in [-0.2, -0.15) is 13.2 Å². The minimum Gasteiger partial charge on any atom is -0.385 e. The fourth-order valence-electron chi connectivity index (χ4n) is 1.12. The zero-order valence-corrected chi connectivity index (χ0v) is 10.2. The first kappa shape index (κ1) is 14.8. The Balaban J connectivity index is 3.35. The second kappa shape index (κ2) is 5.18. The summed E-state index contributed by atoms with van der Waals surface area (Å²) >= 11 is 15.9. The van der Waals surface area contributed by atoms with Gasteiger partial charge in [-0.25, -0.2) is 4.39 Å². The van der Waals surface area contributed by atoms with Crippen molar-refractivity contribution >= 4 is 34.8 Å². The highest BCUT2D eigenvalue weighted by molar-refractivity contribution is 6.44. The molecule has 0 heterocycles. The van der Waals surface area contributed by atoms with Crippen LogP contribution in [0.3, 0.4) is 0 Å². The molecule has 1 nitrogen and oxygen atoms in total. The van der Waals surface area contributed by atoms with Crippen molar-refractivity contribution in [1.29, 1.82) is 0 Å². The highest BCUT2D eigenvalue weighted by atomic mass is 35.5. The molecule has 0 saturated heterocycles. The molecule has 0 radical (unpaired) electrons. The van der Waals surface area contributed by atoms with Gasteiger partial charge in [-0.05, 0) is 12.1 Å². The van der Waals surface area contributed by atoms with Crippen molar-refractivity contribution in [3.63, 3.8) is 0 Å². The van der Waals surface area contributed by atoms with E-state index >= 15 is 0 Å². The van der Waals surface area contributed by atoms with Gasteiger partial charge in [0.2, 0.25) is 0 Å². The van der Waals surface area contributed by atoms with Gasteiger partial charge in [0, 0.05) is 5.56 Å². The molecule has 0 spiro atoms. The molecule has 1 aromatic rings. The van der Waals surface area contributed by atoms with E-state index in [1.807, 2.05) is 0 Å². The fraction of sp³-hybridized carbons (Fsp3) is 0.333. The SMILES string of the molecule is OC(c1cc(C(F)(F)F)cc(Cl)c1F)C(Cl)Cl. The van der Waals surface area contributed by atoms with Crippen molar-refractivity contribution in [2.24, 2.45) is 0 Å². The molecule has 0 bridgehead atoms. The van der Waals surface area contributed by atoms with Gasteiger partial charge in [0.25, 0.3) is 0 Å². The average molecular weight is 311 g/mol. The number of hydrogen-bond acceptors (Lipinski definition) is 1. The number of rotatable bonds is 2. The number of alkyl halides is 5. The summed E-state index contributed by atoms with van der Waals surface area (Å²) < 4.78 is 50.7. The molecule has 8 heteroatoms. The quantitative estimate of drug-likeness (QED) is 0.636. The van der Waals surface area contributed by atoms with E-state index in [1.54, 1.807) is 0 Å². The maximum absolute atomic E-state index is 13.4. The van der Waals surface area contributed by atoms with Gasteiger partial charge in [0.15, 0.2) is 0 Å². The summed E-state index contributed by atoms with van der Waals surface area (Å²) in [5, 5.41) is 8.60. The minimum absolute atomic E-state index is 0.420. The first-order chi connectivity index (χ1) is 7.64. The van der Waals surface area contributed by atoms with E-state index in [-0.39, 0.29) is 0 Å². The first-order valence-corrected chi connectivity index (χ1v) is 5.42. The number of hydrogen-bond donors (Lipinski definition) is 1. The Kier molecular flexibility index (Phi) is 4.52. The predicted molar refractivity (Wildman–Crippen MR) is 56.9 cm³/mol. The van der Waals surface area contributed by atoms with Crippen LogP contribution in [0.2, 0.25) is 5.02 Å². The van der Waals surface area contributed by atoms with Crippen molar-refractivity contribution in [1.82, 2.24) is 0 Å². The van der Waals surface area contributed by atoms with Crippen molar-refractivity contribution < 1.29 is 22.7 Å². The van der Waals surface area contributed by atoms with Gasteiger partial charge in [0.1, 0.15) is 16.8 Å². The van der Waals surface area contributed by atoms with Crippen LogP contribution in [0.25, 0.3) is 0 Å². The highest BCUT2D eigenvalue weighted by Crippen LogP contribution is 2.36. The Hall–Kier alpha value is -0.230. The van der Waals surface area contributed by atoms with Crippen molar-refractivity contribution in [2.75, 3.05) is 0 Å². The summed E-state index contributed by atoms with van der Waals surface area (Å²) in [7, 11) is 0. The minimum atomic E-state index is -4.71. The molecule has 1 aromatic carbocycles. The van der Waals surface area contributed by atoms with Crippen LogP contribution in [-0.4, -0.2) is 9.94 Å². The van der Waals surface area contributed by atoms with Gasteiger partial charge in [-0.3, -0.25) is 0 Å². The van der Waals surface area contributed by atoms with E-state index in [9.17, 15) is 22.7 Å². The van der Waals surface area contributed by atoms with E-state index in [0.29, 0.717) is 12.1 Å². The Labute approximate surface area is 109 Å². The van der Waals surface area contributed by atoms with Crippen LogP contribution < -0.4 is 0 Å². The van der Waals surface area contributed by atoms with Crippen LogP contribution in [0.4, 0.5) is 17.6 Å². The first-order valence-electron chi connectivity index (χ1n) is 4.17. The van der Waals surface area contributed by atoms with Crippen LogP contribution in [0.15, 0.2) is 12.1 Å². The van der Waals surface area contributed by atoms with Gasteiger partial charge in [-0.1, -0.05) is 11.6 Å². The Bertz CT molecular complexity index is 419. The zero-order chi connectivity index (χ0) is 13.4. The average Bonchev–Trinajstić information content (AvgIpc) is 2.19. The number of aliphatic hydroxyl groups excluding tert-OH is 1. The van der Waals surface area contributed by atoms with Crippen molar-refractivity contribution in [2.45, 2.75) is 17.1 Å². The molecule has 0 aliphatic rings. The standard InChI is InChI=1S/C9H5Cl3F4O/c10-5-2-3(9(14,15)16)1-4(6(5)13)7(17)8(11)12/h1-2,7-8,17H. The maximum Gasteiger partial charge on any atom is 0.416 e. The largest absolute Gasteiger partial charge is 0.416 e. The molecular formula is C9H5Cl3F4O. The van der Waals surface area contributed by atoms with Crippen LogP contribution in [-0.2, 0) is 6.18 Å². The van der Waals surface area contributed by atoms with Gasteiger partial charge in [-0.15, -0.1) is 23.2 Å². The second-order valence-corrected chi connectivity index (χ2v) is 4.71. The van der Waals surface area contributed by atoms with Crippen molar-refractivity contribution in [3.05, 3.63) is 34.1 Å². The van der Waals surface area contributed by atoms with Crippen LogP contribution in [0.5, 0.6) is 0 Å². The molecule has 0 aliphatic carbocycles. The van der Waals surface area contributed by atoms with E-state index in [4.69, 9.17) is 34.8 Å². The topological polar surface area (TPSA) is 20.2 Å². The Morgan fingerprint density at radius 3 is 2.12 bits per heavy atom. The lowest BCUT2D eigenvalue weighted by atomic mass is 10.1. The monoisotopic (exact) mass is 310 g/mol. The predicted octanol–water partition coefficient (Wildman–Crippen LogP) is 4.33. The molecule has 0 saturated carbocycles. The summed E-state index contributed by atoms with van der Waals surface area (Å²) in [4.78, 5) is -1.47. The van der Waals surface area contributed by atoms with Crippen LogP contribution >= 0.6 is 34.8 Å². The number of benzene rings is 1. The lowest BCUT2D eigenvalue weighted by Crippen LogP contribution is -2.12. The third-order valence-corrected chi connectivity index (χ3v) is 2.69. The van der Waals surface area contributed by atoms with E-state index in [0.717, 1.165) is 0 Å². The maximum atomic E-state index is 13.4. The second-order valence-electron chi connectivity index (χ2n) is 3.14. The molecule has 1 unspecified atom stereocenters. The van der Waals surface area contributed by atoms with E-state index in [2.05, 4.69) is 0 Å². The molecule has 96 valence electrons. The molecule has 0 amide bonds. The van der Waals surface area contributed by atoms with Crippen LogP contribution in [0, 0.1) is 5.82 Å². The lowest BCUT2D eigenvalue weighted by molar-refractivity contribution is -0.137. The highest BCUT2D eigenvalue weighted by Gasteiger charge is 2.33.